The summed E-state index contributed by atoms with van der Waals surface area (Å²) in [6.07, 6.45) is 7.63. The third-order valence-electron chi connectivity index (χ3n) is 6.96. The highest BCUT2D eigenvalue weighted by molar-refractivity contribution is 5.91. The molecule has 30 heavy (non-hydrogen) atoms. The van der Waals surface area contributed by atoms with Gasteiger partial charge in [-0.25, -0.2) is 9.97 Å². The molecule has 0 aromatic carbocycles. The number of carbonyl (C=O) groups is 1. The number of fused-ring (bicyclic) bond motifs is 3. The van der Waals surface area contributed by atoms with Gasteiger partial charge in [0.05, 0.1) is 6.26 Å². The van der Waals surface area contributed by atoms with E-state index < -0.39 is 0 Å². The fourth-order valence-corrected chi connectivity index (χ4v) is 5.29. The summed E-state index contributed by atoms with van der Waals surface area (Å²) in [6, 6.07) is 5.77. The summed E-state index contributed by atoms with van der Waals surface area (Å²) in [5.41, 5.74) is 0. The molecule has 2 bridgehead atoms. The summed E-state index contributed by atoms with van der Waals surface area (Å²) >= 11 is 0. The maximum Gasteiger partial charge on any atom is 0.287 e. The number of hydrogen-bond donors (Lipinski definition) is 1. The molecule has 2 aromatic heterocycles. The average Bonchev–Trinajstić information content (AvgIpc) is 3.34. The van der Waals surface area contributed by atoms with Crippen LogP contribution in [0.4, 0.5) is 5.95 Å². The third-order valence-corrected chi connectivity index (χ3v) is 6.96. The Kier molecular flexibility index (Phi) is 5.68. The number of carbonyl (C=O) groups excluding carboxylic acids is 1. The molecule has 6 rings (SSSR count). The van der Waals surface area contributed by atoms with Gasteiger partial charge >= 0.3 is 0 Å². The van der Waals surface area contributed by atoms with E-state index in [2.05, 4.69) is 30.0 Å². The van der Waals surface area contributed by atoms with Crippen LogP contribution in [0.25, 0.3) is 0 Å². The van der Waals surface area contributed by atoms with Crippen LogP contribution in [0.2, 0.25) is 0 Å². The lowest BCUT2D eigenvalue weighted by atomic mass is 9.75. The molecule has 4 aliphatic heterocycles. The van der Waals surface area contributed by atoms with Crippen molar-refractivity contribution in [2.45, 2.75) is 18.9 Å². The van der Waals surface area contributed by atoms with E-state index in [-0.39, 0.29) is 5.91 Å². The van der Waals surface area contributed by atoms with E-state index in [1.165, 1.54) is 25.6 Å². The van der Waals surface area contributed by atoms with E-state index in [1.807, 2.05) is 18.5 Å². The maximum atomic E-state index is 12.2. The molecule has 0 radical (unpaired) electrons. The molecule has 4 fully saturated rings. The Bertz CT molecular complexity index is 821. The van der Waals surface area contributed by atoms with Crippen molar-refractivity contribution in [2.75, 3.05) is 57.3 Å². The molecule has 8 nitrogen and oxygen atoms in total. The smallest absolute Gasteiger partial charge is 0.287 e. The first kappa shape index (κ1) is 19.5. The van der Waals surface area contributed by atoms with Gasteiger partial charge in [-0.15, -0.1) is 0 Å². The summed E-state index contributed by atoms with van der Waals surface area (Å²) in [5.74, 6) is 2.62. The van der Waals surface area contributed by atoms with E-state index in [0.29, 0.717) is 18.3 Å². The molecule has 4 saturated heterocycles. The quantitative estimate of drug-likeness (QED) is 0.770. The lowest BCUT2D eigenvalue weighted by Crippen LogP contribution is -2.59. The Hall–Kier alpha value is -2.45. The number of piperazine rings is 1. The first-order valence-electron chi connectivity index (χ1n) is 11.1. The Labute approximate surface area is 177 Å². The van der Waals surface area contributed by atoms with Crippen LogP contribution in [0.15, 0.2) is 41.3 Å². The van der Waals surface area contributed by atoms with Crippen molar-refractivity contribution >= 4 is 11.9 Å². The minimum absolute atomic E-state index is 0.112. The molecule has 1 N–H and O–H groups in total. The number of hydrogen-bond acceptors (Lipinski definition) is 7. The molecule has 0 aliphatic carbocycles. The highest BCUT2D eigenvalue weighted by Crippen LogP contribution is 2.36. The van der Waals surface area contributed by atoms with Gasteiger partial charge in [-0.1, -0.05) is 0 Å². The third kappa shape index (κ3) is 4.20. The van der Waals surface area contributed by atoms with Gasteiger partial charge in [0, 0.05) is 64.2 Å². The maximum absolute atomic E-state index is 12.2. The number of furan rings is 1. The van der Waals surface area contributed by atoms with Crippen LogP contribution >= 0.6 is 0 Å². The standard InChI is InChI=1S/C22H30N6O2/c29-21(20-3-1-12-30-20)25-14-19-13-17-4-7-28(19)16-18(17)15-26-8-10-27(11-9-26)22-23-5-2-6-24-22/h1-3,5-6,12,17-19H,4,7-11,13-16H2,(H,25,29). The largest absolute Gasteiger partial charge is 0.459 e. The number of aromatic nitrogens is 2. The van der Waals surface area contributed by atoms with Crippen molar-refractivity contribution in [1.82, 2.24) is 25.1 Å². The predicted molar refractivity (Wildman–Crippen MR) is 113 cm³/mol. The number of nitrogens with one attached hydrogen (secondary N) is 1. The number of piperidine rings is 3. The second-order valence-corrected chi connectivity index (χ2v) is 8.72. The Balaban J connectivity index is 1.09. The van der Waals surface area contributed by atoms with Crippen LogP contribution in [0, 0.1) is 11.8 Å². The monoisotopic (exact) mass is 410 g/mol. The molecule has 4 atom stereocenters. The highest BCUT2D eigenvalue weighted by Gasteiger charge is 2.40. The van der Waals surface area contributed by atoms with E-state index in [4.69, 9.17) is 4.42 Å². The van der Waals surface area contributed by atoms with Gasteiger partial charge in [0.25, 0.3) is 5.91 Å². The van der Waals surface area contributed by atoms with E-state index in [0.717, 1.165) is 57.1 Å². The molecule has 4 aliphatic rings. The number of nitrogens with zero attached hydrogens (tertiary/aromatic N) is 5. The van der Waals surface area contributed by atoms with Gasteiger partial charge in [-0.05, 0) is 49.4 Å². The molecule has 0 saturated carbocycles. The van der Waals surface area contributed by atoms with Crippen LogP contribution in [-0.4, -0.2) is 84.1 Å². The first-order valence-corrected chi connectivity index (χ1v) is 11.1. The number of anilines is 1. The average molecular weight is 411 g/mol. The van der Waals surface area contributed by atoms with Gasteiger partial charge in [-0.3, -0.25) is 14.6 Å². The lowest BCUT2D eigenvalue weighted by molar-refractivity contribution is -0.0121. The SMILES string of the molecule is O=C(NCC1CC2CCN1CC2CN1CCN(c2ncccn2)CC1)c1ccco1. The molecule has 4 unspecified atom stereocenters. The van der Waals surface area contributed by atoms with E-state index in [1.54, 1.807) is 12.1 Å². The molecular formula is C22H30N6O2. The van der Waals surface area contributed by atoms with Gasteiger partial charge < -0.3 is 14.6 Å². The zero-order chi connectivity index (χ0) is 20.3. The van der Waals surface area contributed by atoms with Crippen molar-refractivity contribution < 1.29 is 9.21 Å². The van der Waals surface area contributed by atoms with Crippen LogP contribution in [0.1, 0.15) is 23.4 Å². The molecule has 1 amide bonds. The molecule has 2 aromatic rings. The Morgan fingerprint density at radius 1 is 1.13 bits per heavy atom. The summed E-state index contributed by atoms with van der Waals surface area (Å²) in [7, 11) is 0. The van der Waals surface area contributed by atoms with Gasteiger partial charge in [0.1, 0.15) is 0 Å². The van der Waals surface area contributed by atoms with Gasteiger partial charge in [0.2, 0.25) is 5.95 Å². The van der Waals surface area contributed by atoms with Crippen LogP contribution < -0.4 is 10.2 Å². The van der Waals surface area contributed by atoms with E-state index in [9.17, 15) is 4.79 Å². The van der Waals surface area contributed by atoms with Crippen molar-refractivity contribution in [3.8, 4) is 0 Å². The minimum atomic E-state index is -0.112. The highest BCUT2D eigenvalue weighted by atomic mass is 16.3. The molecule has 8 heteroatoms. The number of amides is 1. The predicted octanol–water partition coefficient (Wildman–Crippen LogP) is 1.33. The molecule has 160 valence electrons. The minimum Gasteiger partial charge on any atom is -0.459 e. The topological polar surface area (TPSA) is 77.7 Å². The summed E-state index contributed by atoms with van der Waals surface area (Å²) in [4.78, 5) is 28.4. The fourth-order valence-electron chi connectivity index (χ4n) is 5.29. The molecule has 6 heterocycles. The number of rotatable bonds is 6. The summed E-state index contributed by atoms with van der Waals surface area (Å²) in [5, 5.41) is 3.05. The van der Waals surface area contributed by atoms with Crippen molar-refractivity contribution in [3.63, 3.8) is 0 Å². The zero-order valence-electron chi connectivity index (χ0n) is 17.3. The molecule has 0 spiro atoms. The summed E-state index contributed by atoms with van der Waals surface area (Å²) in [6.45, 7) is 8.32. The van der Waals surface area contributed by atoms with Crippen LogP contribution in [0.5, 0.6) is 0 Å². The van der Waals surface area contributed by atoms with Gasteiger partial charge in [0.15, 0.2) is 5.76 Å². The van der Waals surface area contributed by atoms with Crippen LogP contribution in [0.3, 0.4) is 0 Å². The van der Waals surface area contributed by atoms with Crippen molar-refractivity contribution in [1.29, 1.82) is 0 Å². The summed E-state index contributed by atoms with van der Waals surface area (Å²) < 4.78 is 5.19. The Morgan fingerprint density at radius 2 is 1.97 bits per heavy atom. The Morgan fingerprint density at radius 3 is 2.67 bits per heavy atom. The van der Waals surface area contributed by atoms with Crippen molar-refractivity contribution in [2.24, 2.45) is 11.8 Å². The van der Waals surface area contributed by atoms with E-state index >= 15 is 0 Å². The molecular weight excluding hydrogens is 380 g/mol. The second kappa shape index (κ2) is 8.73. The van der Waals surface area contributed by atoms with Crippen molar-refractivity contribution in [3.05, 3.63) is 42.6 Å². The second-order valence-electron chi connectivity index (χ2n) is 8.72. The first-order chi connectivity index (χ1) is 14.8. The zero-order valence-corrected chi connectivity index (χ0v) is 17.3. The van der Waals surface area contributed by atoms with Gasteiger partial charge in [-0.2, -0.15) is 0 Å². The fraction of sp³-hybridized carbons (Fsp3) is 0.591. The normalized spacial score (nSPS) is 29.1. The van der Waals surface area contributed by atoms with Crippen LogP contribution in [-0.2, 0) is 0 Å². The lowest BCUT2D eigenvalue weighted by Gasteiger charge is -2.51.